The van der Waals surface area contributed by atoms with Crippen LogP contribution in [0.3, 0.4) is 0 Å². The van der Waals surface area contributed by atoms with Crippen LogP contribution >= 0.6 is 0 Å². The van der Waals surface area contributed by atoms with E-state index in [1.54, 1.807) is 21.1 Å². The molecule has 4 heteroatoms. The molecule has 0 fully saturated rings. The van der Waals surface area contributed by atoms with Crippen LogP contribution in [0.2, 0.25) is 0 Å². The lowest BCUT2D eigenvalue weighted by Gasteiger charge is -2.14. The van der Waals surface area contributed by atoms with Crippen molar-refractivity contribution in [3.8, 4) is 0 Å². The maximum absolute atomic E-state index is 10.9. The zero-order valence-corrected chi connectivity index (χ0v) is 6.42. The average molecular weight is 144 g/mol. The van der Waals surface area contributed by atoms with Crippen LogP contribution < -0.4 is 5.32 Å². The molecule has 0 heterocycles. The van der Waals surface area contributed by atoms with E-state index in [0.717, 1.165) is 0 Å². The second-order valence-electron chi connectivity index (χ2n) is 2.14. The minimum Gasteiger partial charge on any atom is -0.347 e. The molecule has 0 aliphatic heterocycles. The zero-order chi connectivity index (χ0) is 8.15. The Hall–Kier alpha value is -0.900. The smallest absolute Gasteiger partial charge is 0.246 e. The Morgan fingerprint density at radius 3 is 2.20 bits per heavy atom. The van der Waals surface area contributed by atoms with Crippen LogP contribution in [0.4, 0.5) is 0 Å². The Labute approximate surface area is 60.2 Å². The summed E-state index contributed by atoms with van der Waals surface area (Å²) >= 11 is 0. The summed E-state index contributed by atoms with van der Waals surface area (Å²) in [5.41, 5.74) is 0. The zero-order valence-electron chi connectivity index (χ0n) is 6.42. The number of nitrogens with zero attached hydrogens (tertiary/aromatic N) is 1. The van der Waals surface area contributed by atoms with Gasteiger partial charge < -0.3 is 15.0 Å². The Morgan fingerprint density at radius 2 is 2.10 bits per heavy atom. The summed E-state index contributed by atoms with van der Waals surface area (Å²) in [6, 6.07) is -0.699. The highest BCUT2D eigenvalue weighted by atomic mass is 16.2. The molecule has 0 aliphatic rings. The number of hydrogen-bond donors (Lipinski definition) is 1. The second-order valence-corrected chi connectivity index (χ2v) is 2.14. The van der Waals surface area contributed by atoms with Gasteiger partial charge in [0.05, 0.1) is 0 Å². The largest absolute Gasteiger partial charge is 0.347 e. The highest BCUT2D eigenvalue weighted by Gasteiger charge is 2.15. The Balaban J connectivity index is 4.02. The van der Waals surface area contributed by atoms with Crippen molar-refractivity contribution in [2.24, 2.45) is 0 Å². The van der Waals surface area contributed by atoms with Gasteiger partial charge in [-0.2, -0.15) is 0 Å². The molecular weight excluding hydrogens is 132 g/mol. The Bertz CT molecular complexity index is 134. The topological polar surface area (TPSA) is 49.4 Å². The first-order valence-electron chi connectivity index (χ1n) is 2.97. The molecule has 4 nitrogen and oxygen atoms in total. The molecule has 0 aliphatic carbocycles. The van der Waals surface area contributed by atoms with Gasteiger partial charge in [0, 0.05) is 14.1 Å². The SMILES string of the molecule is CNC(C=O)C(=O)N(C)C. The van der Waals surface area contributed by atoms with Gasteiger partial charge in [0.25, 0.3) is 0 Å². The lowest BCUT2D eigenvalue weighted by atomic mass is 10.3. The van der Waals surface area contributed by atoms with E-state index in [1.165, 1.54) is 4.90 Å². The molecule has 0 saturated carbocycles. The van der Waals surface area contributed by atoms with Crippen molar-refractivity contribution in [1.29, 1.82) is 0 Å². The monoisotopic (exact) mass is 144 g/mol. The van der Waals surface area contributed by atoms with Crippen molar-refractivity contribution in [2.45, 2.75) is 6.04 Å². The Kier molecular flexibility index (Phi) is 3.64. The molecule has 0 aromatic carbocycles. The maximum Gasteiger partial charge on any atom is 0.246 e. The van der Waals surface area contributed by atoms with Gasteiger partial charge in [-0.1, -0.05) is 0 Å². The fourth-order valence-electron chi connectivity index (χ4n) is 0.528. The number of carbonyl (C=O) groups is 2. The summed E-state index contributed by atoms with van der Waals surface area (Å²) in [5, 5.41) is 2.57. The van der Waals surface area contributed by atoms with Crippen molar-refractivity contribution in [3.05, 3.63) is 0 Å². The van der Waals surface area contributed by atoms with Crippen molar-refractivity contribution in [3.63, 3.8) is 0 Å². The van der Waals surface area contributed by atoms with Gasteiger partial charge in [-0.3, -0.25) is 4.79 Å². The third kappa shape index (κ3) is 2.14. The molecule has 0 aromatic rings. The van der Waals surface area contributed by atoms with Gasteiger partial charge in [-0.05, 0) is 7.05 Å². The van der Waals surface area contributed by atoms with Crippen LogP contribution in [0.25, 0.3) is 0 Å². The molecular formula is C6H12N2O2. The Morgan fingerprint density at radius 1 is 1.60 bits per heavy atom. The van der Waals surface area contributed by atoms with E-state index in [1.807, 2.05) is 0 Å². The number of amides is 1. The summed E-state index contributed by atoms with van der Waals surface area (Å²) < 4.78 is 0. The fourth-order valence-corrected chi connectivity index (χ4v) is 0.528. The molecule has 0 radical (unpaired) electrons. The van der Waals surface area contributed by atoms with Crippen LogP contribution in [-0.2, 0) is 9.59 Å². The lowest BCUT2D eigenvalue weighted by Crippen LogP contribution is -2.42. The van der Waals surface area contributed by atoms with E-state index >= 15 is 0 Å². The van der Waals surface area contributed by atoms with E-state index < -0.39 is 6.04 Å². The number of carbonyl (C=O) groups excluding carboxylic acids is 2. The summed E-state index contributed by atoms with van der Waals surface area (Å²) in [7, 11) is 4.78. The van der Waals surface area contributed by atoms with Gasteiger partial charge in [0.2, 0.25) is 5.91 Å². The molecule has 0 bridgehead atoms. The minimum absolute atomic E-state index is 0.225. The van der Waals surface area contributed by atoms with E-state index in [0.29, 0.717) is 6.29 Å². The predicted molar refractivity (Wildman–Crippen MR) is 37.6 cm³/mol. The highest BCUT2D eigenvalue weighted by Crippen LogP contribution is 1.83. The summed E-state index contributed by atoms with van der Waals surface area (Å²) in [5.74, 6) is -0.225. The van der Waals surface area contributed by atoms with Crippen molar-refractivity contribution >= 4 is 12.2 Å². The third-order valence-corrected chi connectivity index (χ3v) is 1.15. The van der Waals surface area contributed by atoms with Crippen LogP contribution in [-0.4, -0.2) is 44.3 Å². The van der Waals surface area contributed by atoms with Gasteiger partial charge in [0.15, 0.2) is 0 Å². The molecule has 10 heavy (non-hydrogen) atoms. The molecule has 0 rings (SSSR count). The number of nitrogens with one attached hydrogen (secondary N) is 1. The van der Waals surface area contributed by atoms with Crippen molar-refractivity contribution < 1.29 is 9.59 Å². The molecule has 0 spiro atoms. The average Bonchev–Trinajstić information content (AvgIpc) is 1.90. The lowest BCUT2D eigenvalue weighted by molar-refractivity contribution is -0.133. The normalized spacial score (nSPS) is 12.3. The molecule has 1 N–H and O–H groups in total. The molecule has 58 valence electrons. The van der Waals surface area contributed by atoms with Crippen LogP contribution in [0.1, 0.15) is 0 Å². The molecule has 0 saturated heterocycles. The fraction of sp³-hybridized carbons (Fsp3) is 0.667. The highest BCUT2D eigenvalue weighted by molar-refractivity contribution is 5.95. The van der Waals surface area contributed by atoms with Gasteiger partial charge in [0.1, 0.15) is 12.3 Å². The first-order valence-corrected chi connectivity index (χ1v) is 2.97. The number of rotatable bonds is 3. The first-order chi connectivity index (χ1) is 4.63. The molecule has 0 aromatic heterocycles. The van der Waals surface area contributed by atoms with Crippen LogP contribution in [0, 0.1) is 0 Å². The third-order valence-electron chi connectivity index (χ3n) is 1.15. The summed E-state index contributed by atoms with van der Waals surface area (Å²) in [6.07, 6.45) is 0.586. The number of hydrogen-bond acceptors (Lipinski definition) is 3. The quantitative estimate of drug-likeness (QED) is 0.402. The summed E-state index contributed by atoms with van der Waals surface area (Å²) in [6.45, 7) is 0. The van der Waals surface area contributed by atoms with Crippen molar-refractivity contribution in [2.75, 3.05) is 21.1 Å². The van der Waals surface area contributed by atoms with Crippen molar-refractivity contribution in [1.82, 2.24) is 10.2 Å². The standard InChI is InChI=1S/C6H12N2O2/c1-7-5(4-9)6(10)8(2)3/h4-5,7H,1-3H3. The van der Waals surface area contributed by atoms with Crippen LogP contribution in [0.15, 0.2) is 0 Å². The van der Waals surface area contributed by atoms with E-state index in [9.17, 15) is 9.59 Å². The first kappa shape index (κ1) is 9.10. The van der Waals surface area contributed by atoms with Gasteiger partial charge in [-0.25, -0.2) is 0 Å². The molecule has 1 atom stereocenters. The molecule has 1 amide bonds. The van der Waals surface area contributed by atoms with Crippen LogP contribution in [0.5, 0.6) is 0 Å². The van der Waals surface area contributed by atoms with Gasteiger partial charge in [-0.15, -0.1) is 0 Å². The van der Waals surface area contributed by atoms with E-state index in [-0.39, 0.29) is 5.91 Å². The maximum atomic E-state index is 10.9. The predicted octanol–water partition coefficient (Wildman–Crippen LogP) is -1.14. The summed E-state index contributed by atoms with van der Waals surface area (Å²) in [4.78, 5) is 22.5. The molecule has 1 unspecified atom stereocenters. The van der Waals surface area contributed by atoms with E-state index in [4.69, 9.17) is 0 Å². The number of aldehydes is 1. The number of likely N-dealkylation sites (N-methyl/N-ethyl adjacent to an activating group) is 2. The minimum atomic E-state index is -0.699. The van der Waals surface area contributed by atoms with E-state index in [2.05, 4.69) is 5.32 Å². The second kappa shape index (κ2) is 4.00. The van der Waals surface area contributed by atoms with Gasteiger partial charge >= 0.3 is 0 Å².